The van der Waals surface area contributed by atoms with Crippen molar-refractivity contribution in [3.05, 3.63) is 42.1 Å². The first-order valence-corrected chi connectivity index (χ1v) is 7.94. The fraction of sp³-hybridized carbons (Fsp3) is 0.353. The summed E-state index contributed by atoms with van der Waals surface area (Å²) >= 11 is 0. The first-order chi connectivity index (χ1) is 11.5. The Morgan fingerprint density at radius 3 is 2.54 bits per heavy atom. The van der Waals surface area contributed by atoms with Gasteiger partial charge in [0.2, 0.25) is 6.34 Å². The molecule has 1 aromatic rings. The summed E-state index contributed by atoms with van der Waals surface area (Å²) < 4.78 is -0.0507. The van der Waals surface area contributed by atoms with E-state index in [1.165, 1.54) is 4.90 Å². The highest BCUT2D eigenvalue weighted by Crippen LogP contribution is 2.24. The monoisotopic (exact) mass is 328 g/mol. The molecule has 0 aliphatic carbocycles. The van der Waals surface area contributed by atoms with Gasteiger partial charge in [-0.25, -0.2) is 4.79 Å². The van der Waals surface area contributed by atoms with Crippen LogP contribution in [0.15, 0.2) is 41.5 Å². The number of amides is 3. The molecule has 2 aliphatic rings. The SMILES string of the molecule is C[N+]1(C(=O)NC2CCN(C(=O)[O-])CC2)C=NC(c2ccccc2)=C1. The third-order valence-electron chi connectivity index (χ3n) is 4.42. The third-order valence-corrected chi connectivity index (χ3v) is 4.42. The van der Waals surface area contributed by atoms with Gasteiger partial charge in [0.25, 0.3) is 0 Å². The number of carbonyl (C=O) groups is 2. The Balaban J connectivity index is 1.63. The van der Waals surface area contributed by atoms with E-state index in [9.17, 15) is 14.7 Å². The molecule has 1 fully saturated rings. The number of piperidine rings is 1. The molecule has 0 radical (unpaired) electrons. The number of nitrogens with zero attached hydrogens (tertiary/aromatic N) is 3. The van der Waals surface area contributed by atoms with Gasteiger partial charge in [-0.3, -0.25) is 0 Å². The van der Waals surface area contributed by atoms with Crippen LogP contribution in [-0.2, 0) is 0 Å². The largest absolute Gasteiger partial charge is 0.530 e. The maximum Gasteiger partial charge on any atom is 0.427 e. The quantitative estimate of drug-likeness (QED) is 0.822. The third kappa shape index (κ3) is 3.30. The Bertz CT molecular complexity index is 693. The van der Waals surface area contributed by atoms with E-state index in [0.29, 0.717) is 25.9 Å². The average molecular weight is 328 g/mol. The lowest BCUT2D eigenvalue weighted by molar-refractivity contribution is -0.665. The molecule has 1 aromatic carbocycles. The van der Waals surface area contributed by atoms with E-state index in [4.69, 9.17) is 0 Å². The summed E-state index contributed by atoms with van der Waals surface area (Å²) in [5.41, 5.74) is 1.73. The first kappa shape index (κ1) is 16.2. The lowest BCUT2D eigenvalue weighted by atomic mass is 10.1. The minimum absolute atomic E-state index is 0.0365. The van der Waals surface area contributed by atoms with Crippen LogP contribution in [0.3, 0.4) is 0 Å². The summed E-state index contributed by atoms with van der Waals surface area (Å²) in [6.07, 6.45) is 3.44. The van der Waals surface area contributed by atoms with Crippen LogP contribution in [0.2, 0.25) is 0 Å². The second-order valence-corrected chi connectivity index (χ2v) is 6.25. The van der Waals surface area contributed by atoms with Crippen molar-refractivity contribution in [1.82, 2.24) is 10.2 Å². The van der Waals surface area contributed by atoms with Crippen molar-refractivity contribution in [1.29, 1.82) is 0 Å². The normalized spacial score (nSPS) is 23.9. The number of benzene rings is 1. The molecule has 126 valence electrons. The Kier molecular flexibility index (Phi) is 4.35. The zero-order valence-electron chi connectivity index (χ0n) is 13.5. The van der Waals surface area contributed by atoms with Crippen LogP contribution in [-0.4, -0.2) is 54.0 Å². The molecule has 24 heavy (non-hydrogen) atoms. The Morgan fingerprint density at radius 1 is 1.25 bits per heavy atom. The molecular formula is C17H20N4O3. The number of hydrogen-bond donors (Lipinski definition) is 1. The van der Waals surface area contributed by atoms with E-state index >= 15 is 0 Å². The number of carbonyl (C=O) groups excluding carboxylic acids is 2. The summed E-state index contributed by atoms with van der Waals surface area (Å²) in [5.74, 6) is 0. The number of carboxylic acid groups (broad SMARTS) is 1. The summed E-state index contributed by atoms with van der Waals surface area (Å²) in [4.78, 5) is 29.1. The minimum Gasteiger partial charge on any atom is -0.530 e. The van der Waals surface area contributed by atoms with Gasteiger partial charge >= 0.3 is 6.03 Å². The van der Waals surface area contributed by atoms with Crippen LogP contribution in [0.4, 0.5) is 9.59 Å². The maximum atomic E-state index is 12.6. The predicted molar refractivity (Wildman–Crippen MR) is 87.6 cm³/mol. The van der Waals surface area contributed by atoms with Crippen molar-refractivity contribution < 1.29 is 19.2 Å². The topological polar surface area (TPSA) is 84.8 Å². The van der Waals surface area contributed by atoms with E-state index in [0.717, 1.165) is 11.3 Å². The molecule has 3 amide bonds. The van der Waals surface area contributed by atoms with E-state index in [1.807, 2.05) is 30.3 Å². The van der Waals surface area contributed by atoms with E-state index in [1.54, 1.807) is 19.6 Å². The highest BCUT2D eigenvalue weighted by Gasteiger charge is 2.35. The molecular weight excluding hydrogens is 308 g/mol. The molecule has 2 aliphatic heterocycles. The van der Waals surface area contributed by atoms with Gasteiger partial charge in [0, 0.05) is 24.7 Å². The molecule has 1 atom stereocenters. The highest BCUT2D eigenvalue weighted by molar-refractivity contribution is 5.84. The van der Waals surface area contributed by atoms with Crippen LogP contribution in [0.1, 0.15) is 18.4 Å². The maximum absolute atomic E-state index is 12.6. The van der Waals surface area contributed by atoms with Crippen LogP contribution >= 0.6 is 0 Å². The molecule has 1 saturated heterocycles. The minimum atomic E-state index is -1.15. The fourth-order valence-corrected chi connectivity index (χ4v) is 2.89. The van der Waals surface area contributed by atoms with Crippen molar-refractivity contribution in [3.63, 3.8) is 0 Å². The molecule has 1 N–H and O–H groups in total. The standard InChI is InChI=1S/C17H20N4O3/c1-21(11-15(18-12-21)13-5-3-2-4-6-13)16(22)19-14-7-9-20(10-8-14)17(23)24/h2-6,11-12,14H,7-10H2,1H3,(H-,19,22,23,24). The fourth-order valence-electron chi connectivity index (χ4n) is 2.89. The Morgan fingerprint density at radius 2 is 1.92 bits per heavy atom. The molecule has 0 spiro atoms. The van der Waals surface area contributed by atoms with Crippen molar-refractivity contribution >= 4 is 24.2 Å². The Labute approximate surface area is 140 Å². The highest BCUT2D eigenvalue weighted by atomic mass is 16.4. The van der Waals surface area contributed by atoms with Crippen LogP contribution < -0.4 is 10.4 Å². The van der Waals surface area contributed by atoms with Crippen molar-refractivity contribution in [2.45, 2.75) is 18.9 Å². The first-order valence-electron chi connectivity index (χ1n) is 7.94. The summed E-state index contributed by atoms with van der Waals surface area (Å²) in [6.45, 7) is 0.770. The van der Waals surface area contributed by atoms with E-state index in [-0.39, 0.29) is 16.6 Å². The number of hydrogen-bond acceptors (Lipinski definition) is 4. The molecule has 1 unspecified atom stereocenters. The number of urea groups is 1. The smallest absolute Gasteiger partial charge is 0.427 e. The van der Waals surface area contributed by atoms with Gasteiger partial charge in [0.1, 0.15) is 18.0 Å². The van der Waals surface area contributed by atoms with Crippen LogP contribution in [0, 0.1) is 0 Å². The van der Waals surface area contributed by atoms with Gasteiger partial charge < -0.3 is 20.1 Å². The molecule has 3 rings (SSSR count). The van der Waals surface area contributed by atoms with Gasteiger partial charge in [-0.2, -0.15) is 9.48 Å². The van der Waals surface area contributed by atoms with Gasteiger partial charge in [-0.15, -0.1) is 0 Å². The molecule has 0 aromatic heterocycles. The van der Waals surface area contributed by atoms with E-state index in [2.05, 4.69) is 10.3 Å². The molecule has 0 saturated carbocycles. The average Bonchev–Trinajstić information content (AvgIpc) is 3.00. The van der Waals surface area contributed by atoms with Crippen LogP contribution in [0.25, 0.3) is 5.70 Å². The number of quaternary nitrogens is 1. The zero-order valence-corrected chi connectivity index (χ0v) is 13.5. The predicted octanol–water partition coefficient (Wildman–Crippen LogP) is 0.991. The van der Waals surface area contributed by atoms with Gasteiger partial charge in [0.05, 0.1) is 7.05 Å². The summed E-state index contributed by atoms with van der Waals surface area (Å²) in [5, 5.41) is 13.8. The molecule has 2 heterocycles. The van der Waals surface area contributed by atoms with E-state index < -0.39 is 6.09 Å². The second kappa shape index (κ2) is 6.45. The lowest BCUT2D eigenvalue weighted by Gasteiger charge is -2.34. The van der Waals surface area contributed by atoms with Crippen molar-refractivity contribution in [3.8, 4) is 0 Å². The Hall–Kier alpha value is -2.67. The van der Waals surface area contributed by atoms with Crippen molar-refractivity contribution in [2.75, 3.05) is 20.1 Å². The molecule has 7 nitrogen and oxygen atoms in total. The van der Waals surface area contributed by atoms with Crippen molar-refractivity contribution in [2.24, 2.45) is 4.99 Å². The number of nitrogens with one attached hydrogen (secondary N) is 1. The molecule has 7 heteroatoms. The van der Waals surface area contributed by atoms with Gasteiger partial charge in [0.15, 0.2) is 0 Å². The molecule has 0 bridgehead atoms. The number of rotatable bonds is 2. The lowest BCUT2D eigenvalue weighted by Crippen LogP contribution is -2.55. The van der Waals surface area contributed by atoms with Gasteiger partial charge in [-0.05, 0) is 12.8 Å². The summed E-state index contributed by atoms with van der Waals surface area (Å²) in [6, 6.07) is 9.49. The number of aliphatic imine (C=N–C) groups is 1. The van der Waals surface area contributed by atoms with Crippen LogP contribution in [0.5, 0.6) is 0 Å². The second-order valence-electron chi connectivity index (χ2n) is 6.25. The number of likely N-dealkylation sites (tertiary alicyclic amines) is 1. The van der Waals surface area contributed by atoms with Gasteiger partial charge in [-0.1, -0.05) is 30.3 Å². The summed E-state index contributed by atoms with van der Waals surface area (Å²) in [7, 11) is 1.77. The zero-order chi connectivity index (χ0) is 17.2.